The van der Waals surface area contributed by atoms with Crippen molar-refractivity contribution >= 4 is 0 Å². The summed E-state index contributed by atoms with van der Waals surface area (Å²) in [6.45, 7) is 9.24. The highest BCUT2D eigenvalue weighted by Crippen LogP contribution is 2.50. The van der Waals surface area contributed by atoms with Gasteiger partial charge >= 0.3 is 0 Å². The monoisotopic (exact) mass is 326 g/mol. The molecule has 0 radical (unpaired) electrons. The standard InChI is InChI=1S/C25H26/c1-5-17-11-7-8-12-19(17)21-16-24-22(15-18(21)6-2)20-13-9-10-14-23(20)25(24,3)4/h7-16H,5-6H2,1-4H3. The minimum Gasteiger partial charge on any atom is -0.0620 e. The Morgan fingerprint density at radius 1 is 0.600 bits per heavy atom. The van der Waals surface area contributed by atoms with Gasteiger partial charge in [-0.1, -0.05) is 82.3 Å². The average molecular weight is 326 g/mol. The minimum atomic E-state index is 0.0636. The predicted molar refractivity (Wildman–Crippen MR) is 108 cm³/mol. The largest absolute Gasteiger partial charge is 0.0620 e. The van der Waals surface area contributed by atoms with Crippen LogP contribution in [-0.2, 0) is 18.3 Å². The van der Waals surface area contributed by atoms with Gasteiger partial charge in [0, 0.05) is 5.41 Å². The summed E-state index contributed by atoms with van der Waals surface area (Å²) in [5.41, 5.74) is 11.5. The van der Waals surface area contributed by atoms with Gasteiger partial charge in [0.25, 0.3) is 0 Å². The van der Waals surface area contributed by atoms with Gasteiger partial charge in [0.2, 0.25) is 0 Å². The highest BCUT2D eigenvalue weighted by Gasteiger charge is 2.35. The first-order chi connectivity index (χ1) is 12.1. The number of hydrogen-bond acceptors (Lipinski definition) is 0. The molecule has 0 saturated carbocycles. The van der Waals surface area contributed by atoms with Gasteiger partial charge in [-0.2, -0.15) is 0 Å². The maximum absolute atomic E-state index is 2.47. The van der Waals surface area contributed by atoms with E-state index in [2.05, 4.69) is 88.4 Å². The van der Waals surface area contributed by atoms with E-state index in [0.717, 1.165) is 12.8 Å². The topological polar surface area (TPSA) is 0 Å². The summed E-state index contributed by atoms with van der Waals surface area (Å²) in [6.07, 6.45) is 2.13. The first-order valence-corrected chi connectivity index (χ1v) is 9.43. The Balaban J connectivity index is 2.01. The van der Waals surface area contributed by atoms with Crippen molar-refractivity contribution in [3.8, 4) is 22.3 Å². The number of fused-ring (bicyclic) bond motifs is 3. The Morgan fingerprint density at radius 2 is 1.24 bits per heavy atom. The normalized spacial score (nSPS) is 14.2. The third-order valence-corrected chi connectivity index (χ3v) is 5.88. The number of benzene rings is 3. The first-order valence-electron chi connectivity index (χ1n) is 9.43. The summed E-state index contributed by atoms with van der Waals surface area (Å²) in [4.78, 5) is 0. The van der Waals surface area contributed by atoms with E-state index in [4.69, 9.17) is 0 Å². The van der Waals surface area contributed by atoms with Crippen LogP contribution < -0.4 is 0 Å². The van der Waals surface area contributed by atoms with E-state index >= 15 is 0 Å². The third kappa shape index (κ3) is 2.35. The lowest BCUT2D eigenvalue weighted by molar-refractivity contribution is 0.660. The Bertz CT molecular complexity index is 944. The van der Waals surface area contributed by atoms with E-state index in [1.807, 2.05) is 0 Å². The quantitative estimate of drug-likeness (QED) is 0.497. The van der Waals surface area contributed by atoms with E-state index in [0.29, 0.717) is 0 Å². The van der Waals surface area contributed by atoms with Crippen LogP contribution in [0.5, 0.6) is 0 Å². The smallest absolute Gasteiger partial charge is 0.0159 e. The SMILES string of the molecule is CCc1ccccc1-c1cc2c(cc1CC)-c1ccccc1C2(C)C. The highest BCUT2D eigenvalue weighted by atomic mass is 14.4. The van der Waals surface area contributed by atoms with Crippen LogP contribution in [0.15, 0.2) is 60.7 Å². The van der Waals surface area contributed by atoms with Crippen molar-refractivity contribution < 1.29 is 0 Å². The number of hydrogen-bond donors (Lipinski definition) is 0. The molecule has 3 aromatic rings. The molecule has 0 fully saturated rings. The maximum Gasteiger partial charge on any atom is 0.0159 e. The average Bonchev–Trinajstić information content (AvgIpc) is 2.88. The molecule has 0 saturated heterocycles. The van der Waals surface area contributed by atoms with Crippen molar-refractivity contribution in [2.75, 3.05) is 0 Å². The fourth-order valence-corrected chi connectivity index (χ4v) is 4.43. The summed E-state index contributed by atoms with van der Waals surface area (Å²) in [5.74, 6) is 0. The lowest BCUT2D eigenvalue weighted by Crippen LogP contribution is -2.15. The Morgan fingerprint density at radius 3 is 1.96 bits per heavy atom. The second kappa shape index (κ2) is 5.88. The van der Waals surface area contributed by atoms with Crippen LogP contribution in [0.25, 0.3) is 22.3 Å². The lowest BCUT2D eigenvalue weighted by Gasteiger charge is -2.23. The van der Waals surface area contributed by atoms with Crippen molar-refractivity contribution in [1.82, 2.24) is 0 Å². The van der Waals surface area contributed by atoms with Crippen LogP contribution >= 0.6 is 0 Å². The van der Waals surface area contributed by atoms with Gasteiger partial charge < -0.3 is 0 Å². The second-order valence-electron chi connectivity index (χ2n) is 7.59. The predicted octanol–water partition coefficient (Wildman–Crippen LogP) is 6.78. The zero-order valence-corrected chi connectivity index (χ0v) is 15.7. The van der Waals surface area contributed by atoms with Crippen LogP contribution in [0.4, 0.5) is 0 Å². The molecule has 1 aliphatic rings. The molecule has 0 bridgehead atoms. The molecular weight excluding hydrogens is 300 g/mol. The van der Waals surface area contributed by atoms with Crippen molar-refractivity contribution in [3.05, 3.63) is 82.9 Å². The highest BCUT2D eigenvalue weighted by molar-refractivity contribution is 5.85. The Hall–Kier alpha value is -2.34. The molecule has 0 spiro atoms. The van der Waals surface area contributed by atoms with Gasteiger partial charge in [-0.15, -0.1) is 0 Å². The van der Waals surface area contributed by atoms with Crippen molar-refractivity contribution in [3.63, 3.8) is 0 Å². The van der Waals surface area contributed by atoms with Gasteiger partial charge in [0.15, 0.2) is 0 Å². The van der Waals surface area contributed by atoms with Crippen LogP contribution in [0.2, 0.25) is 0 Å². The van der Waals surface area contributed by atoms with E-state index in [9.17, 15) is 0 Å². The molecule has 126 valence electrons. The van der Waals surface area contributed by atoms with Crippen LogP contribution in [0, 0.1) is 0 Å². The van der Waals surface area contributed by atoms with Gasteiger partial charge in [0.05, 0.1) is 0 Å². The molecule has 3 aromatic carbocycles. The fourth-order valence-electron chi connectivity index (χ4n) is 4.43. The van der Waals surface area contributed by atoms with Gasteiger partial charge in [0.1, 0.15) is 0 Å². The Kier molecular flexibility index (Phi) is 3.80. The molecule has 0 N–H and O–H groups in total. The van der Waals surface area contributed by atoms with Crippen LogP contribution in [0.1, 0.15) is 49.9 Å². The molecule has 0 heteroatoms. The molecule has 0 unspecified atom stereocenters. The van der Waals surface area contributed by atoms with Crippen molar-refractivity contribution in [1.29, 1.82) is 0 Å². The van der Waals surface area contributed by atoms with Gasteiger partial charge in [-0.05, 0) is 63.4 Å². The lowest BCUT2D eigenvalue weighted by atomic mass is 9.80. The zero-order chi connectivity index (χ0) is 17.6. The fraction of sp³-hybridized carbons (Fsp3) is 0.280. The van der Waals surface area contributed by atoms with Crippen LogP contribution in [0.3, 0.4) is 0 Å². The van der Waals surface area contributed by atoms with Crippen LogP contribution in [-0.4, -0.2) is 0 Å². The summed E-state index contributed by atoms with van der Waals surface area (Å²) in [7, 11) is 0. The molecule has 0 aliphatic heterocycles. The van der Waals surface area contributed by atoms with E-state index in [1.54, 1.807) is 0 Å². The van der Waals surface area contributed by atoms with Gasteiger partial charge in [-0.25, -0.2) is 0 Å². The molecule has 0 aromatic heterocycles. The number of rotatable bonds is 3. The van der Waals surface area contributed by atoms with Crippen molar-refractivity contribution in [2.24, 2.45) is 0 Å². The van der Waals surface area contributed by atoms with E-state index < -0.39 is 0 Å². The zero-order valence-electron chi connectivity index (χ0n) is 15.7. The molecule has 1 aliphatic carbocycles. The molecule has 0 nitrogen and oxygen atoms in total. The molecular formula is C25H26. The summed E-state index contributed by atoms with van der Waals surface area (Å²) >= 11 is 0. The molecule has 0 atom stereocenters. The summed E-state index contributed by atoms with van der Waals surface area (Å²) in [5, 5.41) is 0. The van der Waals surface area contributed by atoms with E-state index in [1.165, 1.54) is 44.5 Å². The van der Waals surface area contributed by atoms with Gasteiger partial charge in [-0.3, -0.25) is 0 Å². The third-order valence-electron chi connectivity index (χ3n) is 5.88. The molecule has 4 rings (SSSR count). The molecule has 0 heterocycles. The summed E-state index contributed by atoms with van der Waals surface area (Å²) in [6, 6.07) is 22.7. The second-order valence-corrected chi connectivity index (χ2v) is 7.59. The summed E-state index contributed by atoms with van der Waals surface area (Å²) < 4.78 is 0. The minimum absolute atomic E-state index is 0.0636. The molecule has 25 heavy (non-hydrogen) atoms. The number of aryl methyl sites for hydroxylation is 2. The van der Waals surface area contributed by atoms with Crippen molar-refractivity contribution in [2.45, 2.75) is 46.0 Å². The maximum atomic E-state index is 2.47. The first kappa shape index (κ1) is 16.1. The molecule has 0 amide bonds. The van der Waals surface area contributed by atoms with E-state index in [-0.39, 0.29) is 5.41 Å². The Labute approximate surface area is 151 Å².